The third-order valence-corrected chi connectivity index (χ3v) is 2.42. The van der Waals surface area contributed by atoms with Gasteiger partial charge in [-0.05, 0) is 24.1 Å². The molecule has 4 heteroatoms. The molecule has 0 heterocycles. The van der Waals surface area contributed by atoms with E-state index in [1.165, 1.54) is 0 Å². The number of hydrogen-bond acceptors (Lipinski definition) is 3. The minimum absolute atomic E-state index is 0.268. The van der Waals surface area contributed by atoms with Crippen LogP contribution in [0.25, 0.3) is 0 Å². The van der Waals surface area contributed by atoms with Crippen molar-refractivity contribution in [1.82, 2.24) is 5.32 Å². The maximum Gasteiger partial charge on any atom is 0.0965 e. The predicted octanol–water partition coefficient (Wildman–Crippen LogP) is 2.63. The molecule has 16 heavy (non-hydrogen) atoms. The molecule has 0 saturated heterocycles. The van der Waals surface area contributed by atoms with Gasteiger partial charge in [-0.3, -0.25) is 5.32 Å². The fourth-order valence-corrected chi connectivity index (χ4v) is 1.39. The molecular weight excluding hydrogens is 222 g/mol. The number of nitrogens with zero attached hydrogens (tertiary/aromatic N) is 2. The Morgan fingerprint density at radius 1 is 1.25 bits per heavy atom. The van der Waals surface area contributed by atoms with Gasteiger partial charge >= 0.3 is 0 Å². The van der Waals surface area contributed by atoms with E-state index in [2.05, 4.69) is 11.4 Å². The molecule has 1 aromatic carbocycles. The number of nitrogens with one attached hydrogen (secondary N) is 1. The van der Waals surface area contributed by atoms with Gasteiger partial charge in [0.15, 0.2) is 0 Å². The number of hydrogen-bond donors (Lipinski definition) is 1. The van der Waals surface area contributed by atoms with E-state index >= 15 is 0 Å². The topological polar surface area (TPSA) is 59.6 Å². The zero-order valence-corrected chi connectivity index (χ0v) is 9.54. The fourth-order valence-electron chi connectivity index (χ4n) is 1.26. The van der Waals surface area contributed by atoms with Gasteiger partial charge in [0.1, 0.15) is 0 Å². The van der Waals surface area contributed by atoms with Crippen LogP contribution in [-0.4, -0.2) is 6.04 Å². The fraction of sp³-hybridized carbons (Fsp3) is 0.333. The second kappa shape index (κ2) is 6.85. The molecule has 1 N–H and O–H groups in total. The van der Waals surface area contributed by atoms with Gasteiger partial charge in [0.25, 0.3) is 0 Å². The van der Waals surface area contributed by atoms with Crippen molar-refractivity contribution in [2.24, 2.45) is 0 Å². The molecule has 0 aliphatic rings. The Hall–Kier alpha value is -1.55. The lowest BCUT2D eigenvalue weighted by molar-refractivity contribution is 0.571. The van der Waals surface area contributed by atoms with Crippen LogP contribution in [0, 0.1) is 22.7 Å². The van der Waals surface area contributed by atoms with E-state index in [9.17, 15) is 0 Å². The van der Waals surface area contributed by atoms with Crippen molar-refractivity contribution in [2.75, 3.05) is 0 Å². The van der Waals surface area contributed by atoms with Crippen LogP contribution >= 0.6 is 11.6 Å². The smallest absolute Gasteiger partial charge is 0.0965 e. The first kappa shape index (κ1) is 12.5. The van der Waals surface area contributed by atoms with Crippen molar-refractivity contribution in [1.29, 1.82) is 10.5 Å². The van der Waals surface area contributed by atoms with Gasteiger partial charge in [-0.1, -0.05) is 23.7 Å². The first-order valence-electron chi connectivity index (χ1n) is 5.00. The molecule has 82 valence electrons. The molecule has 0 fully saturated rings. The summed E-state index contributed by atoms with van der Waals surface area (Å²) in [7, 11) is 0. The van der Waals surface area contributed by atoms with Gasteiger partial charge in [0, 0.05) is 18.0 Å². The van der Waals surface area contributed by atoms with Gasteiger partial charge in [-0.15, -0.1) is 0 Å². The second-order valence-corrected chi connectivity index (χ2v) is 3.82. The van der Waals surface area contributed by atoms with E-state index in [1.54, 1.807) is 0 Å². The molecule has 0 radical (unpaired) electrons. The molecule has 3 nitrogen and oxygen atoms in total. The van der Waals surface area contributed by atoms with Crippen molar-refractivity contribution in [2.45, 2.75) is 25.4 Å². The number of halogens is 1. The number of benzene rings is 1. The summed E-state index contributed by atoms with van der Waals surface area (Å²) >= 11 is 5.76. The number of nitriles is 2. The summed E-state index contributed by atoms with van der Waals surface area (Å²) in [6.07, 6.45) is 0.951. The molecule has 0 aliphatic heterocycles. The summed E-state index contributed by atoms with van der Waals surface area (Å²) in [6, 6.07) is 11.3. The second-order valence-electron chi connectivity index (χ2n) is 3.39. The molecule has 0 saturated carbocycles. The minimum atomic E-state index is -0.268. The van der Waals surface area contributed by atoms with E-state index in [4.69, 9.17) is 22.1 Å². The normalized spacial score (nSPS) is 11.4. The predicted molar refractivity (Wildman–Crippen MR) is 62.5 cm³/mol. The first-order chi connectivity index (χ1) is 7.76. The first-order valence-corrected chi connectivity index (χ1v) is 5.38. The SMILES string of the molecule is N#CCCC(C#N)NCc1ccc(Cl)cc1. The summed E-state index contributed by atoms with van der Waals surface area (Å²) < 4.78 is 0. The van der Waals surface area contributed by atoms with Gasteiger partial charge in [-0.25, -0.2) is 0 Å². The average Bonchev–Trinajstić information content (AvgIpc) is 2.32. The minimum Gasteiger partial charge on any atom is -0.298 e. The van der Waals surface area contributed by atoms with Crippen molar-refractivity contribution in [3.63, 3.8) is 0 Å². The highest BCUT2D eigenvalue weighted by Crippen LogP contribution is 2.09. The summed E-state index contributed by atoms with van der Waals surface area (Å²) in [4.78, 5) is 0. The molecule has 0 aromatic heterocycles. The van der Waals surface area contributed by atoms with E-state index in [1.807, 2.05) is 30.3 Å². The Morgan fingerprint density at radius 2 is 1.94 bits per heavy atom. The molecule has 1 atom stereocenters. The van der Waals surface area contributed by atoms with E-state index in [-0.39, 0.29) is 6.04 Å². The van der Waals surface area contributed by atoms with Crippen LogP contribution < -0.4 is 5.32 Å². The molecule has 1 rings (SSSR count). The summed E-state index contributed by atoms with van der Waals surface area (Å²) in [5.74, 6) is 0. The Kier molecular flexibility index (Phi) is 5.36. The standard InChI is InChI=1S/C12H12ClN3/c13-11-5-3-10(4-6-11)9-16-12(8-15)2-1-7-14/h3-6,12,16H,1-2,9H2. The molecule has 0 amide bonds. The Balaban J connectivity index is 2.41. The van der Waals surface area contributed by atoms with Gasteiger partial charge in [0.2, 0.25) is 0 Å². The Labute approximate surface area is 100 Å². The maximum atomic E-state index is 8.83. The monoisotopic (exact) mass is 233 g/mol. The van der Waals surface area contributed by atoms with Crippen LogP contribution in [-0.2, 0) is 6.54 Å². The zero-order chi connectivity index (χ0) is 11.8. The quantitative estimate of drug-likeness (QED) is 0.851. The molecular formula is C12H12ClN3. The van der Waals surface area contributed by atoms with Gasteiger partial charge < -0.3 is 0 Å². The molecule has 0 spiro atoms. The molecule has 0 aliphatic carbocycles. The largest absolute Gasteiger partial charge is 0.298 e. The van der Waals surface area contributed by atoms with Gasteiger partial charge in [0.05, 0.1) is 18.2 Å². The highest BCUT2D eigenvalue weighted by Gasteiger charge is 2.05. The van der Waals surface area contributed by atoms with Crippen molar-refractivity contribution >= 4 is 11.6 Å². The lowest BCUT2D eigenvalue weighted by Gasteiger charge is -2.09. The van der Waals surface area contributed by atoms with Crippen LogP contribution in [0.4, 0.5) is 0 Å². The molecule has 1 unspecified atom stereocenters. The summed E-state index contributed by atoms with van der Waals surface area (Å²) in [5, 5.41) is 21.0. The molecule has 1 aromatic rings. The van der Waals surface area contributed by atoms with E-state index in [0.717, 1.165) is 5.56 Å². The Morgan fingerprint density at radius 3 is 2.50 bits per heavy atom. The number of rotatable bonds is 5. The van der Waals surface area contributed by atoms with Crippen LogP contribution in [0.3, 0.4) is 0 Å². The average molecular weight is 234 g/mol. The van der Waals surface area contributed by atoms with Gasteiger partial charge in [-0.2, -0.15) is 10.5 Å². The summed E-state index contributed by atoms with van der Waals surface area (Å²) in [5.41, 5.74) is 1.07. The van der Waals surface area contributed by atoms with E-state index in [0.29, 0.717) is 24.4 Å². The highest BCUT2D eigenvalue weighted by molar-refractivity contribution is 6.30. The third-order valence-electron chi connectivity index (χ3n) is 2.17. The maximum absolute atomic E-state index is 8.83. The van der Waals surface area contributed by atoms with Crippen molar-refractivity contribution < 1.29 is 0 Å². The summed E-state index contributed by atoms with van der Waals surface area (Å²) in [6.45, 7) is 0.612. The third kappa shape index (κ3) is 4.31. The van der Waals surface area contributed by atoms with Crippen LogP contribution in [0.15, 0.2) is 24.3 Å². The highest BCUT2D eigenvalue weighted by atomic mass is 35.5. The van der Waals surface area contributed by atoms with Crippen LogP contribution in [0.1, 0.15) is 18.4 Å². The Bertz CT molecular complexity index is 400. The lowest BCUT2D eigenvalue weighted by Crippen LogP contribution is -2.26. The van der Waals surface area contributed by atoms with Crippen molar-refractivity contribution in [3.05, 3.63) is 34.9 Å². The van der Waals surface area contributed by atoms with Crippen LogP contribution in [0.2, 0.25) is 5.02 Å². The lowest BCUT2D eigenvalue weighted by atomic mass is 10.1. The zero-order valence-electron chi connectivity index (χ0n) is 8.78. The molecule has 0 bridgehead atoms. The van der Waals surface area contributed by atoms with Crippen LogP contribution in [0.5, 0.6) is 0 Å². The van der Waals surface area contributed by atoms with E-state index < -0.39 is 0 Å². The van der Waals surface area contributed by atoms with Crippen molar-refractivity contribution in [3.8, 4) is 12.1 Å².